The van der Waals surface area contributed by atoms with Gasteiger partial charge in [-0.05, 0) is 62.9 Å². The van der Waals surface area contributed by atoms with E-state index in [4.69, 9.17) is 0 Å². The normalized spacial score (nSPS) is 16.3. The molecule has 3 rings (SSSR count). The van der Waals surface area contributed by atoms with E-state index in [1.54, 1.807) is 13.1 Å². The number of nitrogens with one attached hydrogen (secondary N) is 2. The van der Waals surface area contributed by atoms with E-state index in [9.17, 15) is 20.0 Å². The Kier molecular flexibility index (Phi) is 9.66. The van der Waals surface area contributed by atoms with Gasteiger partial charge in [0.15, 0.2) is 5.57 Å². The van der Waals surface area contributed by atoms with Gasteiger partial charge in [0.05, 0.1) is 12.6 Å². The number of rotatable bonds is 10. The first kappa shape index (κ1) is 26.7. The van der Waals surface area contributed by atoms with Gasteiger partial charge in [-0.15, -0.1) is 11.3 Å². The lowest BCUT2D eigenvalue weighted by Crippen LogP contribution is -2.43. The smallest absolute Gasteiger partial charge is 0.270 e. The van der Waals surface area contributed by atoms with Crippen molar-refractivity contribution in [1.29, 1.82) is 5.26 Å². The van der Waals surface area contributed by atoms with Crippen molar-refractivity contribution >= 4 is 34.7 Å². The summed E-state index contributed by atoms with van der Waals surface area (Å²) in [6, 6.07) is 9.64. The Hall–Kier alpha value is -2.93. The van der Waals surface area contributed by atoms with Crippen LogP contribution >= 0.6 is 11.3 Å². The molecular formula is C26H35N5O3S. The summed E-state index contributed by atoms with van der Waals surface area (Å²) in [5.41, 5.74) is 1.74. The maximum atomic E-state index is 12.9. The maximum absolute atomic E-state index is 12.9. The van der Waals surface area contributed by atoms with Gasteiger partial charge in [0.2, 0.25) is 0 Å². The van der Waals surface area contributed by atoms with Crippen molar-refractivity contribution in [3.05, 3.63) is 49.4 Å². The van der Waals surface area contributed by atoms with Crippen LogP contribution in [-0.2, 0) is 17.8 Å². The molecule has 0 spiro atoms. The summed E-state index contributed by atoms with van der Waals surface area (Å²) in [5.74, 6) is -0.590. The topological polar surface area (TPSA) is 110 Å². The molecule has 2 aromatic rings. The third kappa shape index (κ3) is 6.82. The lowest BCUT2D eigenvalue weighted by Gasteiger charge is -2.19. The van der Waals surface area contributed by atoms with Crippen molar-refractivity contribution < 1.29 is 9.90 Å². The number of aromatic nitrogens is 1. The second-order valence-electron chi connectivity index (χ2n) is 9.10. The summed E-state index contributed by atoms with van der Waals surface area (Å²) >= 11 is 1.10. The monoisotopic (exact) mass is 497 g/mol. The quantitative estimate of drug-likeness (QED) is 0.455. The van der Waals surface area contributed by atoms with Gasteiger partial charge in [0, 0.05) is 25.0 Å². The zero-order chi connectivity index (χ0) is 25.4. The third-order valence-electron chi connectivity index (χ3n) is 6.33. The molecular weight excluding hydrogens is 462 g/mol. The average Bonchev–Trinajstić information content (AvgIpc) is 3.48. The second-order valence-corrected chi connectivity index (χ2v) is 10.1. The molecule has 0 saturated carbocycles. The van der Waals surface area contributed by atoms with Crippen LogP contribution < -0.4 is 25.4 Å². The van der Waals surface area contributed by atoms with Crippen LogP contribution in [0.2, 0.25) is 0 Å². The number of amides is 1. The molecule has 9 heteroatoms. The van der Waals surface area contributed by atoms with Crippen molar-refractivity contribution in [3.8, 4) is 6.07 Å². The Labute approximate surface area is 210 Å². The maximum Gasteiger partial charge on any atom is 0.270 e. The van der Waals surface area contributed by atoms with Crippen LogP contribution in [0, 0.1) is 17.2 Å². The molecule has 1 saturated heterocycles. The van der Waals surface area contributed by atoms with Gasteiger partial charge in [-0.1, -0.05) is 26.0 Å². The number of aliphatic hydroxyl groups excluding tert-OH is 1. The molecule has 1 fully saturated rings. The molecule has 8 nitrogen and oxygen atoms in total. The summed E-state index contributed by atoms with van der Waals surface area (Å²) in [5, 5.41) is 25.1. The predicted octanol–water partition coefficient (Wildman–Crippen LogP) is 1.23. The van der Waals surface area contributed by atoms with Gasteiger partial charge in [-0.3, -0.25) is 14.2 Å². The van der Waals surface area contributed by atoms with Crippen LogP contribution in [0.3, 0.4) is 0 Å². The Balaban J connectivity index is 1.81. The number of hydrogen-bond donors (Lipinski definition) is 3. The summed E-state index contributed by atoms with van der Waals surface area (Å²) in [7, 11) is 0. The van der Waals surface area contributed by atoms with E-state index >= 15 is 0 Å². The Bertz CT molecular complexity index is 1220. The number of benzene rings is 1. The van der Waals surface area contributed by atoms with Crippen LogP contribution in [-0.4, -0.2) is 52.8 Å². The molecule has 0 aliphatic carbocycles. The van der Waals surface area contributed by atoms with Crippen molar-refractivity contribution in [2.24, 2.45) is 5.92 Å². The lowest BCUT2D eigenvalue weighted by atomic mass is 10.1. The first-order valence-electron chi connectivity index (χ1n) is 12.2. The predicted molar refractivity (Wildman–Crippen MR) is 140 cm³/mol. The van der Waals surface area contributed by atoms with Gasteiger partial charge >= 0.3 is 0 Å². The number of nitrogens with zero attached hydrogens (tertiary/aromatic N) is 3. The molecule has 1 aliphatic rings. The average molecular weight is 498 g/mol. The number of nitriles is 1. The molecule has 0 unspecified atom stereocenters. The minimum Gasteiger partial charge on any atom is -0.394 e. The molecule has 2 heterocycles. The number of carbonyl (C=O) groups excluding carboxylic acids is 1. The first-order valence-corrected chi connectivity index (χ1v) is 13.0. The van der Waals surface area contributed by atoms with Crippen molar-refractivity contribution in [3.63, 3.8) is 0 Å². The highest BCUT2D eigenvalue weighted by Gasteiger charge is 2.20. The van der Waals surface area contributed by atoms with E-state index in [0.29, 0.717) is 15.7 Å². The molecule has 1 aromatic carbocycles. The van der Waals surface area contributed by atoms with Crippen LogP contribution in [0.4, 0.5) is 5.69 Å². The van der Waals surface area contributed by atoms with Gasteiger partial charge in [0.1, 0.15) is 15.3 Å². The molecule has 1 atom stereocenters. The lowest BCUT2D eigenvalue weighted by molar-refractivity contribution is -0.116. The summed E-state index contributed by atoms with van der Waals surface area (Å²) in [4.78, 5) is 28.2. The number of likely N-dealkylation sites (tertiary alicyclic amines) is 1. The highest BCUT2D eigenvalue weighted by molar-refractivity contribution is 7.07. The summed E-state index contributed by atoms with van der Waals surface area (Å²) < 4.78 is 2.15. The zero-order valence-corrected chi connectivity index (χ0v) is 21.5. The molecule has 1 aromatic heterocycles. The molecule has 35 heavy (non-hydrogen) atoms. The number of aliphatic hydroxyl groups is 1. The van der Waals surface area contributed by atoms with Crippen LogP contribution in [0.15, 0.2) is 29.1 Å². The number of carbonyl (C=O) groups is 1. The third-order valence-corrected chi connectivity index (χ3v) is 7.46. The van der Waals surface area contributed by atoms with E-state index in [0.717, 1.165) is 30.0 Å². The van der Waals surface area contributed by atoms with Gasteiger partial charge in [-0.2, -0.15) is 5.26 Å². The molecule has 188 valence electrons. The number of anilines is 1. The SMILES string of the molecule is CCn1c(=C(C#N)C(=O)N[C@H](CO)C(C)C)sc(=CNc2ccc(CCN3CCCC3)cc2)c1=O. The van der Waals surface area contributed by atoms with E-state index < -0.39 is 11.9 Å². The van der Waals surface area contributed by atoms with Crippen molar-refractivity contribution in [2.45, 2.75) is 52.6 Å². The molecule has 0 radical (unpaired) electrons. The Morgan fingerprint density at radius 3 is 2.51 bits per heavy atom. The van der Waals surface area contributed by atoms with Gasteiger partial charge in [0.25, 0.3) is 11.5 Å². The van der Waals surface area contributed by atoms with Gasteiger partial charge < -0.3 is 20.6 Å². The zero-order valence-electron chi connectivity index (χ0n) is 20.7. The Morgan fingerprint density at radius 2 is 1.94 bits per heavy atom. The van der Waals surface area contributed by atoms with Crippen LogP contribution in [0.25, 0.3) is 11.8 Å². The minimum atomic E-state index is -0.590. The summed E-state index contributed by atoms with van der Waals surface area (Å²) in [6.45, 7) is 9.11. The fraction of sp³-hybridized carbons (Fsp3) is 0.500. The number of hydrogen-bond acceptors (Lipinski definition) is 7. The van der Waals surface area contributed by atoms with E-state index in [-0.39, 0.29) is 23.7 Å². The molecule has 1 aliphatic heterocycles. The van der Waals surface area contributed by atoms with E-state index in [1.807, 2.05) is 32.0 Å². The van der Waals surface area contributed by atoms with Crippen molar-refractivity contribution in [2.75, 3.05) is 31.6 Å². The fourth-order valence-electron chi connectivity index (χ4n) is 4.06. The highest BCUT2D eigenvalue weighted by atomic mass is 32.1. The second kappa shape index (κ2) is 12.7. The number of thiazole rings is 1. The Morgan fingerprint density at radius 1 is 1.26 bits per heavy atom. The van der Waals surface area contributed by atoms with E-state index in [2.05, 4.69) is 27.7 Å². The largest absolute Gasteiger partial charge is 0.394 e. The highest BCUT2D eigenvalue weighted by Crippen LogP contribution is 2.12. The molecule has 0 bridgehead atoms. The molecule has 3 N–H and O–H groups in total. The van der Waals surface area contributed by atoms with E-state index in [1.165, 1.54) is 36.1 Å². The van der Waals surface area contributed by atoms with Gasteiger partial charge in [-0.25, -0.2) is 0 Å². The van der Waals surface area contributed by atoms with Crippen LogP contribution in [0.5, 0.6) is 0 Å². The molecule has 1 amide bonds. The fourth-order valence-corrected chi connectivity index (χ4v) is 5.15. The van der Waals surface area contributed by atoms with Crippen molar-refractivity contribution in [1.82, 2.24) is 14.8 Å². The summed E-state index contributed by atoms with van der Waals surface area (Å²) in [6.07, 6.45) is 5.23. The first-order chi connectivity index (χ1) is 16.9. The minimum absolute atomic E-state index is 0.000275. The van der Waals surface area contributed by atoms with Crippen LogP contribution in [0.1, 0.15) is 39.2 Å². The standard InChI is InChI=1S/C26H35N5O3S/c1-4-31-25(34)23(35-26(31)21(15-27)24(33)29-22(17-32)18(2)3)16-28-20-9-7-19(8-10-20)11-14-30-12-5-6-13-30/h7-10,16,18,22,28,32H,4-6,11-14,17H2,1-3H3,(H,29,33)/t22-/m1/s1.